The number of aromatic nitrogens is 2. The summed E-state index contributed by atoms with van der Waals surface area (Å²) in [5.41, 5.74) is 0.620. The molecule has 1 N–H and O–H groups in total. The number of carbonyl (C=O) groups excluding carboxylic acids is 1. The summed E-state index contributed by atoms with van der Waals surface area (Å²) in [5.74, 6) is -0.283. The van der Waals surface area contributed by atoms with Crippen LogP contribution >= 0.6 is 0 Å². The minimum Gasteiger partial charge on any atom is -0.466 e. The van der Waals surface area contributed by atoms with Crippen LogP contribution < -0.4 is 5.32 Å². The van der Waals surface area contributed by atoms with Crippen molar-refractivity contribution in [1.29, 1.82) is 0 Å². The van der Waals surface area contributed by atoms with Crippen LogP contribution in [0.15, 0.2) is 30.4 Å². The molecule has 0 aliphatic rings. The lowest BCUT2D eigenvalue weighted by Crippen LogP contribution is -2.30. The molecule has 0 aromatic carbocycles. The van der Waals surface area contributed by atoms with Crippen molar-refractivity contribution in [2.75, 3.05) is 13.7 Å². The molecule has 0 saturated carbocycles. The first-order chi connectivity index (χ1) is 8.13. The van der Waals surface area contributed by atoms with Crippen LogP contribution in [-0.2, 0) is 16.1 Å². The van der Waals surface area contributed by atoms with Crippen LogP contribution in [0.1, 0.15) is 13.8 Å². The first kappa shape index (κ1) is 13.4. The van der Waals surface area contributed by atoms with Crippen LogP contribution in [0.3, 0.4) is 0 Å². The Morgan fingerprint density at radius 3 is 3.00 bits per heavy atom. The lowest BCUT2D eigenvalue weighted by Gasteiger charge is -2.12. The van der Waals surface area contributed by atoms with E-state index in [1.54, 1.807) is 19.4 Å². The molecular formula is C12H19N3O2. The number of methoxy groups -OCH3 is 1. The minimum atomic E-state index is -0.283. The van der Waals surface area contributed by atoms with Crippen LogP contribution in [0.2, 0.25) is 0 Å². The monoisotopic (exact) mass is 237 g/mol. The van der Waals surface area contributed by atoms with E-state index in [4.69, 9.17) is 0 Å². The van der Waals surface area contributed by atoms with Crippen LogP contribution in [0.4, 0.5) is 0 Å². The highest BCUT2D eigenvalue weighted by Crippen LogP contribution is 1.95. The molecule has 94 valence electrons. The third-order valence-electron chi connectivity index (χ3n) is 2.43. The summed E-state index contributed by atoms with van der Waals surface area (Å²) in [5, 5.41) is 3.30. The molecule has 1 atom stereocenters. The van der Waals surface area contributed by atoms with Crippen LogP contribution in [0, 0.1) is 0 Å². The van der Waals surface area contributed by atoms with Crippen molar-refractivity contribution in [2.45, 2.75) is 26.4 Å². The molecule has 0 aliphatic carbocycles. The largest absolute Gasteiger partial charge is 0.466 e. The van der Waals surface area contributed by atoms with Gasteiger partial charge in [0, 0.05) is 37.1 Å². The summed E-state index contributed by atoms with van der Waals surface area (Å²) in [6.45, 7) is 5.33. The Hall–Kier alpha value is -1.62. The molecule has 17 heavy (non-hydrogen) atoms. The van der Waals surface area contributed by atoms with E-state index in [1.807, 2.05) is 16.8 Å². The number of nitrogens with zero attached hydrogens (tertiary/aromatic N) is 2. The van der Waals surface area contributed by atoms with E-state index < -0.39 is 0 Å². The fourth-order valence-electron chi connectivity index (χ4n) is 1.43. The molecule has 1 heterocycles. The molecule has 0 spiro atoms. The van der Waals surface area contributed by atoms with Crippen molar-refractivity contribution >= 4 is 5.97 Å². The highest BCUT2D eigenvalue weighted by molar-refractivity contribution is 5.87. The lowest BCUT2D eigenvalue weighted by molar-refractivity contribution is -0.136. The molecule has 1 unspecified atom stereocenters. The summed E-state index contributed by atoms with van der Waals surface area (Å²) < 4.78 is 6.62. The predicted molar refractivity (Wildman–Crippen MR) is 65.5 cm³/mol. The number of ether oxygens (including phenoxy) is 1. The number of hydrogen-bond donors (Lipinski definition) is 1. The Morgan fingerprint density at radius 2 is 2.41 bits per heavy atom. The first-order valence-corrected chi connectivity index (χ1v) is 5.57. The summed E-state index contributed by atoms with van der Waals surface area (Å²) in [4.78, 5) is 15.1. The number of hydrogen-bond acceptors (Lipinski definition) is 4. The maximum atomic E-state index is 11.1. The molecule has 1 rings (SSSR count). The first-order valence-electron chi connectivity index (χ1n) is 5.57. The Kier molecular flexibility index (Phi) is 5.42. The SMILES string of the molecule is COC(=O)/C(C)=C/CNC(C)Cn1ccnc1. The normalized spacial score (nSPS) is 13.5. The molecule has 5 nitrogen and oxygen atoms in total. The van der Waals surface area contributed by atoms with Crippen molar-refractivity contribution in [3.63, 3.8) is 0 Å². The van der Waals surface area contributed by atoms with Crippen molar-refractivity contribution < 1.29 is 9.53 Å². The third kappa shape index (κ3) is 4.82. The molecule has 0 radical (unpaired) electrons. The van der Waals surface area contributed by atoms with Crippen LogP contribution in [-0.4, -0.2) is 35.2 Å². The van der Waals surface area contributed by atoms with Gasteiger partial charge in [-0.25, -0.2) is 9.78 Å². The molecule has 1 aromatic rings. The van der Waals surface area contributed by atoms with Crippen molar-refractivity contribution in [3.8, 4) is 0 Å². The second kappa shape index (κ2) is 6.85. The maximum Gasteiger partial charge on any atom is 0.333 e. The minimum absolute atomic E-state index is 0.283. The van der Waals surface area contributed by atoms with Gasteiger partial charge in [-0.1, -0.05) is 6.08 Å². The van der Waals surface area contributed by atoms with Gasteiger partial charge >= 0.3 is 5.97 Å². The van der Waals surface area contributed by atoms with Gasteiger partial charge in [0.05, 0.1) is 13.4 Å². The fourth-order valence-corrected chi connectivity index (χ4v) is 1.43. The highest BCUT2D eigenvalue weighted by atomic mass is 16.5. The van der Waals surface area contributed by atoms with Gasteiger partial charge in [-0.05, 0) is 13.8 Å². The molecule has 1 aromatic heterocycles. The quantitative estimate of drug-likeness (QED) is 0.592. The van der Waals surface area contributed by atoms with Crippen LogP contribution in [0.25, 0.3) is 0 Å². The predicted octanol–water partition coefficient (Wildman–Crippen LogP) is 0.980. The van der Waals surface area contributed by atoms with Gasteiger partial charge in [-0.2, -0.15) is 0 Å². The van der Waals surface area contributed by atoms with Gasteiger partial charge in [0.1, 0.15) is 0 Å². The molecule has 0 bridgehead atoms. The van der Waals surface area contributed by atoms with E-state index in [2.05, 4.69) is 22.0 Å². The smallest absolute Gasteiger partial charge is 0.333 e. The van der Waals surface area contributed by atoms with Crippen LogP contribution in [0.5, 0.6) is 0 Å². The standard InChI is InChI=1S/C12H19N3O2/c1-10(12(16)17-3)4-5-14-11(2)8-15-7-6-13-9-15/h4,6-7,9,11,14H,5,8H2,1-3H3/b10-4+. The van der Waals surface area contributed by atoms with Gasteiger partial charge < -0.3 is 14.6 Å². The summed E-state index contributed by atoms with van der Waals surface area (Å²) >= 11 is 0. The molecule has 0 aliphatic heterocycles. The second-order valence-electron chi connectivity index (χ2n) is 3.95. The van der Waals surface area contributed by atoms with Gasteiger partial charge in [0.15, 0.2) is 0 Å². The summed E-state index contributed by atoms with van der Waals surface area (Å²) in [7, 11) is 1.38. The molecule has 0 fully saturated rings. The number of carbonyl (C=O) groups is 1. The van der Waals surface area contributed by atoms with Crippen molar-refractivity contribution in [2.24, 2.45) is 0 Å². The Balaban J connectivity index is 2.29. The zero-order valence-corrected chi connectivity index (χ0v) is 10.5. The van der Waals surface area contributed by atoms with Gasteiger partial charge in [0.2, 0.25) is 0 Å². The summed E-state index contributed by atoms with van der Waals surface area (Å²) in [6.07, 6.45) is 7.30. The lowest BCUT2D eigenvalue weighted by atomic mass is 10.2. The zero-order valence-electron chi connectivity index (χ0n) is 10.5. The van der Waals surface area contributed by atoms with E-state index >= 15 is 0 Å². The maximum absolute atomic E-state index is 11.1. The van der Waals surface area contributed by atoms with Gasteiger partial charge in [-0.3, -0.25) is 0 Å². The van der Waals surface area contributed by atoms with E-state index in [0.717, 1.165) is 6.54 Å². The molecule has 5 heteroatoms. The van der Waals surface area contributed by atoms with E-state index in [0.29, 0.717) is 18.2 Å². The van der Waals surface area contributed by atoms with E-state index in [-0.39, 0.29) is 5.97 Å². The van der Waals surface area contributed by atoms with E-state index in [1.165, 1.54) is 7.11 Å². The van der Waals surface area contributed by atoms with Gasteiger partial charge in [-0.15, -0.1) is 0 Å². The number of nitrogens with one attached hydrogen (secondary N) is 1. The second-order valence-corrected chi connectivity index (χ2v) is 3.95. The Morgan fingerprint density at radius 1 is 1.65 bits per heavy atom. The van der Waals surface area contributed by atoms with Gasteiger partial charge in [0.25, 0.3) is 0 Å². The molecular weight excluding hydrogens is 218 g/mol. The molecule has 0 amide bonds. The Labute approximate surface area is 101 Å². The summed E-state index contributed by atoms with van der Waals surface area (Å²) in [6, 6.07) is 0.311. The topological polar surface area (TPSA) is 56.1 Å². The fraction of sp³-hybridized carbons (Fsp3) is 0.500. The zero-order chi connectivity index (χ0) is 12.7. The number of rotatable bonds is 6. The molecule has 0 saturated heterocycles. The number of esters is 1. The average Bonchev–Trinajstić information content (AvgIpc) is 2.80. The number of imidazole rings is 1. The van der Waals surface area contributed by atoms with Crippen molar-refractivity contribution in [1.82, 2.24) is 14.9 Å². The van der Waals surface area contributed by atoms with Crippen molar-refractivity contribution in [3.05, 3.63) is 30.4 Å². The Bertz CT molecular complexity index is 371. The third-order valence-corrected chi connectivity index (χ3v) is 2.43. The average molecular weight is 237 g/mol. The van der Waals surface area contributed by atoms with E-state index in [9.17, 15) is 4.79 Å². The highest BCUT2D eigenvalue weighted by Gasteiger charge is 2.03.